The van der Waals surface area contributed by atoms with Crippen LogP contribution in [0.25, 0.3) is 0 Å². The third-order valence-electron chi connectivity index (χ3n) is 4.26. The average molecular weight is 274 g/mol. The van der Waals surface area contributed by atoms with Crippen LogP contribution >= 0.6 is 0 Å². The van der Waals surface area contributed by atoms with E-state index in [-0.39, 0.29) is 11.9 Å². The van der Waals surface area contributed by atoms with Crippen LogP contribution in [-0.2, 0) is 4.79 Å². The monoisotopic (exact) mass is 274 g/mol. The predicted octanol–water partition coefficient (Wildman–Crippen LogP) is 2.99. The van der Waals surface area contributed by atoms with Crippen LogP contribution in [0, 0.1) is 5.92 Å². The molecule has 1 heterocycles. The molecule has 1 aromatic rings. The van der Waals surface area contributed by atoms with Crippen molar-refractivity contribution in [1.29, 1.82) is 0 Å². The molecule has 1 saturated heterocycles. The molecule has 1 fully saturated rings. The Morgan fingerprint density at radius 3 is 2.55 bits per heavy atom. The molecule has 20 heavy (non-hydrogen) atoms. The first kappa shape index (κ1) is 15.0. The molecule has 0 spiro atoms. The highest BCUT2D eigenvalue weighted by molar-refractivity contribution is 5.76. The molecule has 1 N–H and O–H groups in total. The summed E-state index contributed by atoms with van der Waals surface area (Å²) in [5.74, 6) is 0.759. The van der Waals surface area contributed by atoms with Crippen LogP contribution in [0.3, 0.4) is 0 Å². The Morgan fingerprint density at radius 1 is 1.30 bits per heavy atom. The fourth-order valence-corrected chi connectivity index (χ4v) is 2.89. The van der Waals surface area contributed by atoms with Gasteiger partial charge in [-0.3, -0.25) is 4.79 Å². The summed E-state index contributed by atoms with van der Waals surface area (Å²) in [7, 11) is 2.15. The number of hydrogen-bond donors (Lipinski definition) is 1. The lowest BCUT2D eigenvalue weighted by atomic mass is 9.93. The maximum Gasteiger partial charge on any atom is 0.220 e. The predicted molar refractivity (Wildman–Crippen MR) is 82.5 cm³/mol. The van der Waals surface area contributed by atoms with E-state index >= 15 is 0 Å². The summed E-state index contributed by atoms with van der Waals surface area (Å²) < 4.78 is 0. The molecule has 1 aromatic carbocycles. The van der Waals surface area contributed by atoms with Crippen molar-refractivity contribution in [2.45, 2.75) is 38.6 Å². The molecule has 0 radical (unpaired) electrons. The second kappa shape index (κ2) is 7.44. The number of carbonyl (C=O) groups is 1. The first-order valence-electron chi connectivity index (χ1n) is 7.72. The minimum Gasteiger partial charge on any atom is -0.349 e. The van der Waals surface area contributed by atoms with E-state index in [1.54, 1.807) is 0 Å². The van der Waals surface area contributed by atoms with Gasteiger partial charge in [0.1, 0.15) is 0 Å². The Bertz CT molecular complexity index is 410. The van der Waals surface area contributed by atoms with Crippen molar-refractivity contribution in [3.63, 3.8) is 0 Å². The first-order valence-corrected chi connectivity index (χ1v) is 7.72. The second-order valence-electron chi connectivity index (χ2n) is 5.89. The van der Waals surface area contributed by atoms with Gasteiger partial charge in [-0.25, -0.2) is 0 Å². The van der Waals surface area contributed by atoms with Crippen molar-refractivity contribution in [2.75, 3.05) is 20.1 Å². The van der Waals surface area contributed by atoms with Crippen LogP contribution in [0.5, 0.6) is 0 Å². The standard InChI is InChI=1S/C17H26N2O/c1-3-16(15-7-5-4-6-8-15)18-17(20)13-14-9-11-19(2)12-10-14/h4-8,14,16H,3,9-13H2,1-2H3,(H,18,20)/t16-/m1/s1. The fraction of sp³-hybridized carbons (Fsp3) is 0.588. The highest BCUT2D eigenvalue weighted by Crippen LogP contribution is 2.21. The summed E-state index contributed by atoms with van der Waals surface area (Å²) >= 11 is 0. The van der Waals surface area contributed by atoms with Crippen LogP contribution in [0.15, 0.2) is 30.3 Å². The van der Waals surface area contributed by atoms with Gasteiger partial charge in [-0.1, -0.05) is 37.3 Å². The molecular formula is C17H26N2O. The molecule has 3 heteroatoms. The van der Waals surface area contributed by atoms with Crippen molar-refractivity contribution in [2.24, 2.45) is 5.92 Å². The zero-order chi connectivity index (χ0) is 14.4. The van der Waals surface area contributed by atoms with Crippen molar-refractivity contribution >= 4 is 5.91 Å². The number of nitrogens with zero attached hydrogens (tertiary/aromatic N) is 1. The smallest absolute Gasteiger partial charge is 0.220 e. The maximum absolute atomic E-state index is 12.2. The van der Waals surface area contributed by atoms with E-state index < -0.39 is 0 Å². The molecule has 110 valence electrons. The molecule has 2 rings (SSSR count). The maximum atomic E-state index is 12.2. The van der Waals surface area contributed by atoms with E-state index in [1.807, 2.05) is 18.2 Å². The van der Waals surface area contributed by atoms with E-state index in [2.05, 4.69) is 36.3 Å². The van der Waals surface area contributed by atoms with Crippen molar-refractivity contribution in [3.05, 3.63) is 35.9 Å². The summed E-state index contributed by atoms with van der Waals surface area (Å²) in [6.45, 7) is 4.36. The first-order chi connectivity index (χ1) is 9.69. The summed E-state index contributed by atoms with van der Waals surface area (Å²) in [4.78, 5) is 14.6. The van der Waals surface area contributed by atoms with Crippen LogP contribution in [0.2, 0.25) is 0 Å². The quantitative estimate of drug-likeness (QED) is 0.895. The number of piperidine rings is 1. The van der Waals surface area contributed by atoms with Crippen molar-refractivity contribution in [1.82, 2.24) is 10.2 Å². The van der Waals surface area contributed by atoms with Gasteiger partial charge in [0, 0.05) is 6.42 Å². The summed E-state index contributed by atoms with van der Waals surface area (Å²) in [6.07, 6.45) is 3.90. The lowest BCUT2D eigenvalue weighted by Gasteiger charge is -2.29. The number of likely N-dealkylation sites (tertiary alicyclic amines) is 1. The van der Waals surface area contributed by atoms with Gasteiger partial charge < -0.3 is 10.2 Å². The minimum atomic E-state index is 0.148. The van der Waals surface area contributed by atoms with E-state index in [9.17, 15) is 4.79 Å². The minimum absolute atomic E-state index is 0.148. The largest absolute Gasteiger partial charge is 0.349 e. The topological polar surface area (TPSA) is 32.3 Å². The van der Waals surface area contributed by atoms with E-state index in [0.29, 0.717) is 12.3 Å². The highest BCUT2D eigenvalue weighted by Gasteiger charge is 2.21. The molecule has 3 nitrogen and oxygen atoms in total. The molecule has 1 amide bonds. The zero-order valence-electron chi connectivity index (χ0n) is 12.6. The Balaban J connectivity index is 1.84. The van der Waals surface area contributed by atoms with Gasteiger partial charge in [0.25, 0.3) is 0 Å². The normalized spacial score (nSPS) is 18.7. The highest BCUT2D eigenvalue weighted by atomic mass is 16.1. The molecule has 0 unspecified atom stereocenters. The molecule has 0 saturated carbocycles. The van der Waals surface area contributed by atoms with Crippen molar-refractivity contribution < 1.29 is 4.79 Å². The zero-order valence-corrected chi connectivity index (χ0v) is 12.6. The summed E-state index contributed by atoms with van der Waals surface area (Å²) in [5.41, 5.74) is 1.20. The van der Waals surface area contributed by atoms with E-state index in [4.69, 9.17) is 0 Å². The average Bonchev–Trinajstić information content (AvgIpc) is 2.48. The van der Waals surface area contributed by atoms with Gasteiger partial charge in [-0.05, 0) is 50.9 Å². The summed E-state index contributed by atoms with van der Waals surface area (Å²) in [6, 6.07) is 10.4. The third kappa shape index (κ3) is 4.34. The van der Waals surface area contributed by atoms with Gasteiger partial charge in [0.2, 0.25) is 5.91 Å². The number of nitrogens with one attached hydrogen (secondary N) is 1. The number of hydrogen-bond acceptors (Lipinski definition) is 2. The molecule has 1 aliphatic rings. The fourth-order valence-electron chi connectivity index (χ4n) is 2.89. The lowest BCUT2D eigenvalue weighted by molar-refractivity contribution is -0.123. The molecular weight excluding hydrogens is 248 g/mol. The van der Waals surface area contributed by atoms with E-state index in [0.717, 1.165) is 32.4 Å². The SMILES string of the molecule is CC[C@@H](NC(=O)CC1CCN(C)CC1)c1ccccc1. The Hall–Kier alpha value is -1.35. The summed E-state index contributed by atoms with van der Waals surface area (Å²) in [5, 5.41) is 3.19. The Labute approximate surface area is 122 Å². The van der Waals surface area contributed by atoms with Crippen LogP contribution in [-0.4, -0.2) is 30.9 Å². The van der Waals surface area contributed by atoms with Gasteiger partial charge in [0.05, 0.1) is 6.04 Å². The van der Waals surface area contributed by atoms with Gasteiger partial charge in [0.15, 0.2) is 0 Å². The molecule has 0 aromatic heterocycles. The number of benzene rings is 1. The molecule has 0 bridgehead atoms. The molecule has 1 aliphatic heterocycles. The van der Waals surface area contributed by atoms with Crippen LogP contribution < -0.4 is 5.32 Å². The Morgan fingerprint density at radius 2 is 1.95 bits per heavy atom. The third-order valence-corrected chi connectivity index (χ3v) is 4.26. The van der Waals surface area contributed by atoms with Gasteiger partial charge >= 0.3 is 0 Å². The second-order valence-corrected chi connectivity index (χ2v) is 5.89. The number of rotatable bonds is 5. The molecule has 0 aliphatic carbocycles. The number of amides is 1. The van der Waals surface area contributed by atoms with Gasteiger partial charge in [-0.15, -0.1) is 0 Å². The van der Waals surface area contributed by atoms with Crippen LogP contribution in [0.4, 0.5) is 0 Å². The van der Waals surface area contributed by atoms with Gasteiger partial charge in [-0.2, -0.15) is 0 Å². The van der Waals surface area contributed by atoms with Crippen LogP contribution in [0.1, 0.15) is 44.2 Å². The van der Waals surface area contributed by atoms with Crippen molar-refractivity contribution in [3.8, 4) is 0 Å². The lowest BCUT2D eigenvalue weighted by Crippen LogP contribution is -2.34. The van der Waals surface area contributed by atoms with E-state index in [1.165, 1.54) is 5.56 Å². The Kier molecular flexibility index (Phi) is 5.60. The molecule has 1 atom stereocenters. The number of carbonyl (C=O) groups excluding carboxylic acids is 1.